The van der Waals surface area contributed by atoms with Crippen LogP contribution in [0, 0.1) is 12.3 Å². The summed E-state index contributed by atoms with van der Waals surface area (Å²) in [5.41, 5.74) is 0. The second-order valence-electron chi connectivity index (χ2n) is 3.04. The number of benzene rings is 1. The van der Waals surface area contributed by atoms with Gasteiger partial charge in [0, 0.05) is 16.0 Å². The lowest BCUT2D eigenvalue weighted by Crippen LogP contribution is -2.27. The SMILES string of the molecule is C#CCN(C)S(=O)(=O)c1ccc(Br)cc1Br. The van der Waals surface area contributed by atoms with Crippen molar-refractivity contribution in [2.75, 3.05) is 13.6 Å². The van der Waals surface area contributed by atoms with Gasteiger partial charge in [0.25, 0.3) is 0 Å². The van der Waals surface area contributed by atoms with Crippen LogP contribution in [-0.2, 0) is 10.0 Å². The van der Waals surface area contributed by atoms with Crippen LogP contribution in [0.3, 0.4) is 0 Å². The first-order valence-corrected chi connectivity index (χ1v) is 7.27. The molecule has 0 radical (unpaired) electrons. The molecule has 0 atom stereocenters. The Morgan fingerprint density at radius 2 is 2.06 bits per heavy atom. The van der Waals surface area contributed by atoms with Gasteiger partial charge < -0.3 is 0 Å². The van der Waals surface area contributed by atoms with Gasteiger partial charge in [0.1, 0.15) is 0 Å². The van der Waals surface area contributed by atoms with Gasteiger partial charge in [-0.15, -0.1) is 6.42 Å². The summed E-state index contributed by atoms with van der Waals surface area (Å²) in [6.07, 6.45) is 5.09. The van der Waals surface area contributed by atoms with E-state index < -0.39 is 10.0 Å². The molecule has 0 saturated carbocycles. The van der Waals surface area contributed by atoms with Crippen molar-refractivity contribution < 1.29 is 8.42 Å². The van der Waals surface area contributed by atoms with Crippen LogP contribution < -0.4 is 0 Å². The Hall–Kier alpha value is -0.350. The molecule has 0 bridgehead atoms. The first-order valence-electron chi connectivity index (χ1n) is 4.24. The number of rotatable bonds is 3. The molecular formula is C10H9Br2NO2S. The van der Waals surface area contributed by atoms with Crippen LogP contribution in [-0.4, -0.2) is 26.3 Å². The van der Waals surface area contributed by atoms with Crippen molar-refractivity contribution >= 4 is 41.9 Å². The number of terminal acetylenes is 1. The minimum Gasteiger partial charge on any atom is -0.207 e. The molecular weight excluding hydrogens is 358 g/mol. The highest BCUT2D eigenvalue weighted by Crippen LogP contribution is 2.27. The molecule has 16 heavy (non-hydrogen) atoms. The van der Waals surface area contributed by atoms with Gasteiger partial charge >= 0.3 is 0 Å². The van der Waals surface area contributed by atoms with Gasteiger partial charge in [0.2, 0.25) is 10.0 Å². The van der Waals surface area contributed by atoms with Crippen molar-refractivity contribution in [1.29, 1.82) is 0 Å². The molecule has 0 saturated heterocycles. The second kappa shape index (κ2) is 5.32. The summed E-state index contributed by atoms with van der Waals surface area (Å²) in [5, 5.41) is 0. The maximum absolute atomic E-state index is 12.0. The Balaban J connectivity index is 3.23. The molecule has 0 fully saturated rings. The number of sulfonamides is 1. The minimum atomic E-state index is -3.53. The molecule has 0 aliphatic rings. The standard InChI is InChI=1S/C10H9Br2NO2S/c1-3-6-13(2)16(14,15)10-5-4-8(11)7-9(10)12/h1,4-5,7H,6H2,2H3. The molecule has 0 N–H and O–H groups in total. The Kier molecular flexibility index (Phi) is 4.56. The molecule has 3 nitrogen and oxygen atoms in total. The molecule has 0 spiro atoms. The lowest BCUT2D eigenvalue weighted by atomic mass is 10.4. The van der Waals surface area contributed by atoms with Crippen LogP contribution in [0.2, 0.25) is 0 Å². The van der Waals surface area contributed by atoms with Crippen LogP contribution in [0.5, 0.6) is 0 Å². The lowest BCUT2D eigenvalue weighted by molar-refractivity contribution is 0.502. The van der Waals surface area contributed by atoms with E-state index in [-0.39, 0.29) is 11.4 Å². The molecule has 1 aromatic rings. The number of nitrogens with zero attached hydrogens (tertiary/aromatic N) is 1. The number of hydrogen-bond donors (Lipinski definition) is 0. The lowest BCUT2D eigenvalue weighted by Gasteiger charge is -2.15. The predicted octanol–water partition coefficient (Wildman–Crippen LogP) is 2.47. The zero-order valence-corrected chi connectivity index (χ0v) is 12.4. The Morgan fingerprint density at radius 1 is 1.44 bits per heavy atom. The highest BCUT2D eigenvalue weighted by atomic mass is 79.9. The van der Waals surface area contributed by atoms with Crippen molar-refractivity contribution in [3.63, 3.8) is 0 Å². The van der Waals surface area contributed by atoms with Gasteiger partial charge in [-0.1, -0.05) is 21.9 Å². The average molecular weight is 367 g/mol. The molecule has 0 aliphatic heterocycles. The van der Waals surface area contributed by atoms with E-state index in [9.17, 15) is 8.42 Å². The van der Waals surface area contributed by atoms with Crippen LogP contribution >= 0.6 is 31.9 Å². The first kappa shape index (κ1) is 13.7. The van der Waals surface area contributed by atoms with Gasteiger partial charge in [-0.05, 0) is 34.1 Å². The molecule has 0 unspecified atom stereocenters. The van der Waals surface area contributed by atoms with E-state index in [4.69, 9.17) is 6.42 Å². The topological polar surface area (TPSA) is 37.4 Å². The molecule has 6 heteroatoms. The highest BCUT2D eigenvalue weighted by molar-refractivity contribution is 9.11. The maximum Gasteiger partial charge on any atom is 0.244 e. The summed E-state index contributed by atoms with van der Waals surface area (Å²) >= 11 is 6.47. The molecule has 86 valence electrons. The Bertz CT molecular complexity index is 534. The minimum absolute atomic E-state index is 0.0465. The molecule has 1 aromatic carbocycles. The normalized spacial score (nSPS) is 11.4. The molecule has 0 heterocycles. The third-order valence-corrected chi connectivity index (χ3v) is 5.17. The summed E-state index contributed by atoms with van der Waals surface area (Å²) < 4.78 is 26.5. The van der Waals surface area contributed by atoms with E-state index >= 15 is 0 Å². The fourth-order valence-corrected chi connectivity index (χ4v) is 3.85. The van der Waals surface area contributed by atoms with Crippen molar-refractivity contribution in [2.24, 2.45) is 0 Å². The van der Waals surface area contributed by atoms with Crippen LogP contribution in [0.4, 0.5) is 0 Å². The third kappa shape index (κ3) is 2.86. The average Bonchev–Trinajstić information content (AvgIpc) is 2.17. The van der Waals surface area contributed by atoms with E-state index in [0.29, 0.717) is 4.47 Å². The maximum atomic E-state index is 12.0. The van der Waals surface area contributed by atoms with E-state index in [0.717, 1.165) is 8.78 Å². The van der Waals surface area contributed by atoms with Crippen LogP contribution in [0.1, 0.15) is 0 Å². The van der Waals surface area contributed by atoms with Gasteiger partial charge in [0.05, 0.1) is 11.4 Å². The summed E-state index contributed by atoms with van der Waals surface area (Å²) in [6.45, 7) is 0.0465. The smallest absolute Gasteiger partial charge is 0.207 e. The summed E-state index contributed by atoms with van der Waals surface area (Å²) in [6, 6.07) is 4.87. The van der Waals surface area contributed by atoms with E-state index in [2.05, 4.69) is 37.8 Å². The third-order valence-electron chi connectivity index (χ3n) is 1.90. The summed E-state index contributed by atoms with van der Waals surface area (Å²) in [4.78, 5) is 0.202. The monoisotopic (exact) mass is 365 g/mol. The Morgan fingerprint density at radius 3 is 2.56 bits per heavy atom. The Labute approximate surface area is 112 Å². The van der Waals surface area contributed by atoms with Crippen LogP contribution in [0.25, 0.3) is 0 Å². The van der Waals surface area contributed by atoms with Crippen LogP contribution in [0.15, 0.2) is 32.0 Å². The van der Waals surface area contributed by atoms with Gasteiger partial charge in [-0.3, -0.25) is 0 Å². The largest absolute Gasteiger partial charge is 0.244 e. The highest BCUT2D eigenvalue weighted by Gasteiger charge is 2.22. The van der Waals surface area contributed by atoms with Crippen molar-refractivity contribution in [1.82, 2.24) is 4.31 Å². The zero-order valence-electron chi connectivity index (χ0n) is 8.44. The van der Waals surface area contributed by atoms with E-state index in [1.807, 2.05) is 0 Å². The predicted molar refractivity (Wildman–Crippen MR) is 70.5 cm³/mol. The van der Waals surface area contributed by atoms with Crippen molar-refractivity contribution in [3.05, 3.63) is 27.1 Å². The zero-order chi connectivity index (χ0) is 12.3. The van der Waals surface area contributed by atoms with Gasteiger partial charge in [0.15, 0.2) is 0 Å². The summed E-state index contributed by atoms with van der Waals surface area (Å²) in [5.74, 6) is 2.30. The number of halogens is 2. The quantitative estimate of drug-likeness (QED) is 0.770. The van der Waals surface area contributed by atoms with Crippen molar-refractivity contribution in [3.8, 4) is 12.3 Å². The first-order chi connectivity index (χ1) is 7.39. The summed E-state index contributed by atoms with van der Waals surface area (Å²) in [7, 11) is -2.08. The fourth-order valence-electron chi connectivity index (χ4n) is 1.07. The van der Waals surface area contributed by atoms with E-state index in [1.54, 1.807) is 12.1 Å². The number of hydrogen-bond acceptors (Lipinski definition) is 2. The molecule has 0 amide bonds. The molecule has 0 aromatic heterocycles. The molecule has 1 rings (SSSR count). The fraction of sp³-hybridized carbons (Fsp3) is 0.200. The van der Waals surface area contributed by atoms with Gasteiger partial charge in [-0.2, -0.15) is 4.31 Å². The second-order valence-corrected chi connectivity index (χ2v) is 6.82. The van der Waals surface area contributed by atoms with Gasteiger partial charge in [-0.25, -0.2) is 8.42 Å². The van der Waals surface area contributed by atoms with Crippen molar-refractivity contribution in [2.45, 2.75) is 4.90 Å². The van der Waals surface area contributed by atoms with E-state index in [1.165, 1.54) is 13.1 Å². The molecule has 0 aliphatic carbocycles.